The lowest BCUT2D eigenvalue weighted by atomic mass is 9.75. The van der Waals surface area contributed by atoms with Gasteiger partial charge in [-0.15, -0.1) is 0 Å². The van der Waals surface area contributed by atoms with Crippen LogP contribution in [0.2, 0.25) is 0 Å². The van der Waals surface area contributed by atoms with E-state index in [1.54, 1.807) is 0 Å². The Bertz CT molecular complexity index is 754. The molecule has 1 aromatic heterocycles. The van der Waals surface area contributed by atoms with Crippen molar-refractivity contribution in [3.05, 3.63) is 23.2 Å². The fourth-order valence-corrected chi connectivity index (χ4v) is 4.75. The number of fused-ring (bicyclic) bond motifs is 1. The molecule has 2 heterocycles. The first-order valence-electron chi connectivity index (χ1n) is 11.4. The van der Waals surface area contributed by atoms with Crippen LogP contribution >= 0.6 is 0 Å². The molecule has 7 heteroatoms. The highest BCUT2D eigenvalue weighted by atomic mass is 16.3. The van der Waals surface area contributed by atoms with Crippen LogP contribution in [0.4, 0.5) is 4.79 Å². The second-order valence-electron chi connectivity index (χ2n) is 9.47. The summed E-state index contributed by atoms with van der Waals surface area (Å²) in [5.74, 6) is 2.08. The smallest absolute Gasteiger partial charge is 0.317 e. The molecule has 0 radical (unpaired) electrons. The predicted octanol–water partition coefficient (Wildman–Crippen LogP) is 3.19. The maximum Gasteiger partial charge on any atom is 0.317 e. The van der Waals surface area contributed by atoms with Crippen molar-refractivity contribution in [2.75, 3.05) is 45.8 Å². The molecule has 7 nitrogen and oxygen atoms in total. The summed E-state index contributed by atoms with van der Waals surface area (Å²) in [4.78, 5) is 31.4. The lowest BCUT2D eigenvalue weighted by Gasteiger charge is -2.35. The van der Waals surface area contributed by atoms with Gasteiger partial charge < -0.3 is 19.5 Å². The van der Waals surface area contributed by atoms with E-state index in [1.807, 2.05) is 30.6 Å². The monoisotopic (exact) mass is 418 g/mol. The number of amides is 3. The number of urea groups is 1. The van der Waals surface area contributed by atoms with E-state index in [4.69, 9.17) is 4.42 Å². The second-order valence-corrected chi connectivity index (χ2v) is 9.47. The van der Waals surface area contributed by atoms with Crippen LogP contribution in [0.1, 0.15) is 63.7 Å². The zero-order valence-corrected chi connectivity index (χ0v) is 19.3. The van der Waals surface area contributed by atoms with Crippen molar-refractivity contribution in [2.24, 2.45) is 5.41 Å². The van der Waals surface area contributed by atoms with Gasteiger partial charge in [0.2, 0.25) is 5.91 Å². The summed E-state index contributed by atoms with van der Waals surface area (Å²) in [6.07, 6.45) is 2.69. The minimum atomic E-state index is -0.0164. The highest BCUT2D eigenvalue weighted by Crippen LogP contribution is 2.42. The number of rotatable bonds is 5. The lowest BCUT2D eigenvalue weighted by molar-refractivity contribution is -0.132. The first-order chi connectivity index (χ1) is 14.2. The van der Waals surface area contributed by atoms with Gasteiger partial charge in [0, 0.05) is 51.3 Å². The number of carbonyl (C=O) groups is 2. The zero-order valence-electron chi connectivity index (χ0n) is 19.3. The van der Waals surface area contributed by atoms with Crippen LogP contribution in [-0.4, -0.2) is 72.5 Å². The molecule has 0 spiro atoms. The Morgan fingerprint density at radius 1 is 1.20 bits per heavy atom. The van der Waals surface area contributed by atoms with Gasteiger partial charge in [-0.25, -0.2) is 4.79 Å². The predicted molar refractivity (Wildman–Crippen MR) is 117 cm³/mol. The van der Waals surface area contributed by atoms with Crippen LogP contribution in [-0.2, 0) is 11.2 Å². The van der Waals surface area contributed by atoms with E-state index < -0.39 is 0 Å². The van der Waals surface area contributed by atoms with E-state index in [0.29, 0.717) is 13.1 Å². The first kappa shape index (κ1) is 22.7. The van der Waals surface area contributed by atoms with Gasteiger partial charge >= 0.3 is 6.03 Å². The molecule has 1 aliphatic heterocycles. The number of nitrogens with one attached hydrogen (secondary N) is 1. The summed E-state index contributed by atoms with van der Waals surface area (Å²) in [5, 5.41) is 3.27. The molecule has 1 fully saturated rings. The normalized spacial score (nSPS) is 21.6. The Kier molecular flexibility index (Phi) is 7.11. The van der Waals surface area contributed by atoms with Gasteiger partial charge in [0.25, 0.3) is 0 Å². The molecule has 0 aromatic carbocycles. The molecule has 3 rings (SSSR count). The van der Waals surface area contributed by atoms with Gasteiger partial charge in [-0.2, -0.15) is 0 Å². The van der Waals surface area contributed by atoms with Crippen LogP contribution in [0.25, 0.3) is 0 Å². The highest BCUT2D eigenvalue weighted by molar-refractivity contribution is 5.78. The number of nitrogens with zero attached hydrogens (tertiary/aromatic N) is 3. The van der Waals surface area contributed by atoms with Gasteiger partial charge in [0.05, 0.1) is 12.6 Å². The molecule has 1 N–H and O–H groups in total. The first-order valence-corrected chi connectivity index (χ1v) is 11.4. The molecule has 168 valence electrons. The average molecular weight is 419 g/mol. The van der Waals surface area contributed by atoms with Crippen LogP contribution in [0, 0.1) is 12.3 Å². The number of likely N-dealkylation sites (N-methyl/N-ethyl adjacent to an activating group) is 1. The molecule has 1 saturated heterocycles. The summed E-state index contributed by atoms with van der Waals surface area (Å²) in [7, 11) is 0. The maximum atomic E-state index is 13.1. The zero-order chi connectivity index (χ0) is 21.9. The minimum Gasteiger partial charge on any atom is -0.466 e. The van der Waals surface area contributed by atoms with E-state index in [0.717, 1.165) is 69.1 Å². The Morgan fingerprint density at radius 3 is 2.63 bits per heavy atom. The van der Waals surface area contributed by atoms with E-state index >= 15 is 0 Å². The molecule has 1 unspecified atom stereocenters. The van der Waals surface area contributed by atoms with Crippen molar-refractivity contribution in [1.29, 1.82) is 0 Å². The third kappa shape index (κ3) is 5.36. The Balaban J connectivity index is 1.58. The minimum absolute atomic E-state index is 0.0144. The molecule has 0 bridgehead atoms. The van der Waals surface area contributed by atoms with Gasteiger partial charge in [0.15, 0.2) is 0 Å². The third-order valence-electron chi connectivity index (χ3n) is 6.38. The molecule has 30 heavy (non-hydrogen) atoms. The maximum absolute atomic E-state index is 13.1. The number of carbonyl (C=O) groups excluding carboxylic acids is 2. The molecule has 1 aliphatic carbocycles. The average Bonchev–Trinajstić information content (AvgIpc) is 2.88. The Labute approximate surface area is 180 Å². The van der Waals surface area contributed by atoms with Crippen molar-refractivity contribution in [3.8, 4) is 0 Å². The summed E-state index contributed by atoms with van der Waals surface area (Å²) < 4.78 is 5.90. The second kappa shape index (κ2) is 9.41. The van der Waals surface area contributed by atoms with Gasteiger partial charge in [-0.05, 0) is 45.1 Å². The summed E-state index contributed by atoms with van der Waals surface area (Å²) >= 11 is 0. The van der Waals surface area contributed by atoms with Gasteiger partial charge in [-0.3, -0.25) is 9.69 Å². The van der Waals surface area contributed by atoms with E-state index in [1.165, 1.54) is 0 Å². The number of aryl methyl sites for hydroxylation is 1. The molecular formula is C23H38N4O3. The number of hydrogen-bond acceptors (Lipinski definition) is 4. The highest BCUT2D eigenvalue weighted by Gasteiger charge is 2.36. The fourth-order valence-electron chi connectivity index (χ4n) is 4.75. The summed E-state index contributed by atoms with van der Waals surface area (Å²) in [6, 6.07) is 2.04. The number of furan rings is 1. The quantitative estimate of drug-likeness (QED) is 0.797. The molecular weight excluding hydrogens is 380 g/mol. The van der Waals surface area contributed by atoms with Crippen molar-refractivity contribution in [2.45, 2.75) is 59.9 Å². The molecule has 3 amide bonds. The number of hydrogen-bond donors (Lipinski definition) is 1. The Hall–Kier alpha value is -2.02. The molecule has 2 aliphatic rings. The van der Waals surface area contributed by atoms with Crippen LogP contribution in [0.5, 0.6) is 0 Å². The summed E-state index contributed by atoms with van der Waals surface area (Å²) in [5.41, 5.74) is 1.22. The SMILES string of the molecule is CCN(CC)C(=O)CN1CCCN(C(=O)NC2CC(C)(C)Cc3oc(C)cc32)CC1. The van der Waals surface area contributed by atoms with Gasteiger partial charge in [-0.1, -0.05) is 13.8 Å². The molecule has 1 atom stereocenters. The standard InChI is InChI=1S/C23H38N4O3/c1-6-26(7-2)21(28)16-25-9-8-10-27(12-11-25)22(29)24-19-14-23(4,5)15-20-18(19)13-17(3)30-20/h13,19H,6-12,14-16H2,1-5H3,(H,24,29). The molecule has 0 saturated carbocycles. The lowest BCUT2D eigenvalue weighted by Crippen LogP contribution is -2.46. The van der Waals surface area contributed by atoms with Crippen LogP contribution < -0.4 is 5.32 Å². The van der Waals surface area contributed by atoms with Gasteiger partial charge in [0.1, 0.15) is 11.5 Å². The van der Waals surface area contributed by atoms with Crippen molar-refractivity contribution in [3.63, 3.8) is 0 Å². The van der Waals surface area contributed by atoms with E-state index in [9.17, 15) is 9.59 Å². The topological polar surface area (TPSA) is 69.0 Å². The summed E-state index contributed by atoms with van der Waals surface area (Å²) in [6.45, 7) is 15.3. The van der Waals surface area contributed by atoms with E-state index in [2.05, 4.69) is 30.1 Å². The van der Waals surface area contributed by atoms with Crippen LogP contribution in [0.15, 0.2) is 10.5 Å². The van der Waals surface area contributed by atoms with Crippen molar-refractivity contribution < 1.29 is 14.0 Å². The fraction of sp³-hybridized carbons (Fsp3) is 0.739. The van der Waals surface area contributed by atoms with Crippen molar-refractivity contribution >= 4 is 11.9 Å². The largest absolute Gasteiger partial charge is 0.466 e. The molecule has 1 aromatic rings. The van der Waals surface area contributed by atoms with E-state index in [-0.39, 0.29) is 23.4 Å². The van der Waals surface area contributed by atoms with Crippen molar-refractivity contribution in [1.82, 2.24) is 20.0 Å². The Morgan fingerprint density at radius 2 is 1.93 bits per heavy atom. The third-order valence-corrected chi connectivity index (χ3v) is 6.38. The van der Waals surface area contributed by atoms with Crippen LogP contribution in [0.3, 0.4) is 0 Å².